The van der Waals surface area contributed by atoms with E-state index in [1.165, 1.54) is 19.1 Å². The van der Waals surface area contributed by atoms with Crippen molar-refractivity contribution in [1.82, 2.24) is 15.4 Å². The fraction of sp³-hybridized carbons (Fsp3) is 0.400. The summed E-state index contributed by atoms with van der Waals surface area (Å²) in [4.78, 5) is 34.8. The first kappa shape index (κ1) is 20.6. The Balaban J connectivity index is 2.48. The van der Waals surface area contributed by atoms with Crippen molar-refractivity contribution in [2.75, 3.05) is 6.54 Å². The first-order valence-corrected chi connectivity index (χ1v) is 8.95. The molecule has 0 heterocycles. The molecule has 25 heavy (non-hydrogen) atoms. The highest BCUT2D eigenvalue weighted by molar-refractivity contribution is 7.89. The lowest BCUT2D eigenvalue weighted by Gasteiger charge is -2.14. The lowest BCUT2D eigenvalue weighted by Crippen LogP contribution is -2.47. The molecular weight excluding hydrogens is 350 g/mol. The van der Waals surface area contributed by atoms with Crippen LogP contribution in [-0.4, -0.2) is 45.0 Å². The number of sulfonamides is 1. The van der Waals surface area contributed by atoms with Crippen LogP contribution in [0.15, 0.2) is 35.2 Å². The van der Waals surface area contributed by atoms with E-state index in [-0.39, 0.29) is 10.9 Å². The molecule has 0 aliphatic rings. The van der Waals surface area contributed by atoms with Gasteiger partial charge in [-0.05, 0) is 32.9 Å². The first-order chi connectivity index (χ1) is 11.6. The molecule has 0 aliphatic heterocycles. The molecule has 9 nitrogen and oxygen atoms in total. The Hall–Kier alpha value is -2.46. The number of carbonyl (C=O) groups is 3. The van der Waals surface area contributed by atoms with Crippen LogP contribution >= 0.6 is 0 Å². The zero-order valence-corrected chi connectivity index (χ0v) is 14.9. The van der Waals surface area contributed by atoms with Crippen LogP contribution in [0.2, 0.25) is 0 Å². The van der Waals surface area contributed by atoms with E-state index in [2.05, 4.69) is 10.0 Å². The van der Waals surface area contributed by atoms with Crippen LogP contribution in [0.25, 0.3) is 0 Å². The highest BCUT2D eigenvalue weighted by atomic mass is 32.2. The second kappa shape index (κ2) is 9.14. The third-order valence-electron chi connectivity index (χ3n) is 2.79. The second-order valence-electron chi connectivity index (χ2n) is 5.39. The summed E-state index contributed by atoms with van der Waals surface area (Å²) in [6.45, 7) is 4.05. The van der Waals surface area contributed by atoms with E-state index in [0.29, 0.717) is 0 Å². The summed E-state index contributed by atoms with van der Waals surface area (Å²) < 4.78 is 30.8. The molecule has 138 valence electrons. The van der Waals surface area contributed by atoms with Gasteiger partial charge in [-0.1, -0.05) is 18.2 Å². The molecule has 10 heteroatoms. The third-order valence-corrected chi connectivity index (χ3v) is 4.21. The van der Waals surface area contributed by atoms with Crippen LogP contribution < -0.4 is 15.4 Å². The highest BCUT2D eigenvalue weighted by Crippen LogP contribution is 2.06. The molecule has 0 bridgehead atoms. The summed E-state index contributed by atoms with van der Waals surface area (Å²) in [5.41, 5.74) is 0. The molecule has 0 saturated carbocycles. The quantitative estimate of drug-likeness (QED) is 0.584. The molecule has 3 amide bonds. The number of rotatable bonds is 7. The van der Waals surface area contributed by atoms with Gasteiger partial charge in [0, 0.05) is 6.04 Å². The Bertz CT molecular complexity index is 718. The second-order valence-corrected chi connectivity index (χ2v) is 7.15. The van der Waals surface area contributed by atoms with Gasteiger partial charge in [0.15, 0.2) is 6.10 Å². The first-order valence-electron chi connectivity index (χ1n) is 7.47. The molecule has 0 aromatic heterocycles. The Labute approximate surface area is 146 Å². The van der Waals surface area contributed by atoms with Crippen LogP contribution in [-0.2, 0) is 24.3 Å². The maximum atomic E-state index is 12.0. The molecule has 3 N–H and O–H groups in total. The van der Waals surface area contributed by atoms with E-state index in [9.17, 15) is 22.8 Å². The van der Waals surface area contributed by atoms with Gasteiger partial charge in [-0.3, -0.25) is 14.9 Å². The largest absolute Gasteiger partial charge is 0.452 e. The average molecular weight is 371 g/mol. The molecule has 1 atom stereocenters. The van der Waals surface area contributed by atoms with Gasteiger partial charge in [0.2, 0.25) is 10.0 Å². The maximum Gasteiger partial charge on any atom is 0.321 e. The van der Waals surface area contributed by atoms with E-state index < -0.39 is 40.6 Å². The fourth-order valence-corrected chi connectivity index (χ4v) is 2.63. The number of imide groups is 1. The standard InChI is InChI=1S/C15H21N3O6S/c1-10(2)17-15(21)18-14(20)11(3)24-13(19)9-16-25(22,23)12-7-5-4-6-8-12/h4-8,10-11,16H,9H2,1-3H3,(H2,17,18,20,21)/t11-/m0/s1. The van der Waals surface area contributed by atoms with Gasteiger partial charge < -0.3 is 10.1 Å². The number of carbonyl (C=O) groups excluding carboxylic acids is 3. The number of amides is 3. The number of benzene rings is 1. The smallest absolute Gasteiger partial charge is 0.321 e. The van der Waals surface area contributed by atoms with Crippen molar-refractivity contribution in [1.29, 1.82) is 0 Å². The number of nitrogens with one attached hydrogen (secondary N) is 3. The summed E-state index contributed by atoms with van der Waals surface area (Å²) in [6.07, 6.45) is -1.26. The van der Waals surface area contributed by atoms with E-state index >= 15 is 0 Å². The average Bonchev–Trinajstić information content (AvgIpc) is 2.53. The fourth-order valence-electron chi connectivity index (χ4n) is 1.64. The van der Waals surface area contributed by atoms with E-state index in [0.717, 1.165) is 0 Å². The minimum Gasteiger partial charge on any atom is -0.452 e. The lowest BCUT2D eigenvalue weighted by molar-refractivity contribution is -0.153. The van der Waals surface area contributed by atoms with E-state index in [4.69, 9.17) is 4.74 Å². The predicted octanol–water partition coefficient (Wildman–Crippen LogP) is 0.131. The monoisotopic (exact) mass is 371 g/mol. The summed E-state index contributed by atoms with van der Waals surface area (Å²) in [6, 6.07) is 6.60. The van der Waals surface area contributed by atoms with Gasteiger partial charge in [-0.25, -0.2) is 13.2 Å². The number of esters is 1. The molecule has 1 aromatic carbocycles. The number of hydrogen-bond acceptors (Lipinski definition) is 6. The van der Waals surface area contributed by atoms with Crippen molar-refractivity contribution < 1.29 is 27.5 Å². The van der Waals surface area contributed by atoms with Crippen molar-refractivity contribution in [3.8, 4) is 0 Å². The van der Waals surface area contributed by atoms with E-state index in [1.54, 1.807) is 32.0 Å². The maximum absolute atomic E-state index is 12.0. The minimum atomic E-state index is -3.86. The summed E-state index contributed by atoms with van der Waals surface area (Å²) in [5, 5.41) is 4.45. The number of hydrogen-bond donors (Lipinski definition) is 3. The number of urea groups is 1. The van der Waals surface area contributed by atoms with Crippen molar-refractivity contribution in [2.45, 2.75) is 37.8 Å². The van der Waals surface area contributed by atoms with Crippen LogP contribution in [0.4, 0.5) is 4.79 Å². The van der Waals surface area contributed by atoms with Crippen molar-refractivity contribution in [2.24, 2.45) is 0 Å². The van der Waals surface area contributed by atoms with Gasteiger partial charge in [-0.15, -0.1) is 0 Å². The Morgan fingerprint density at radius 3 is 2.24 bits per heavy atom. The van der Waals surface area contributed by atoms with Crippen molar-refractivity contribution >= 4 is 27.9 Å². The van der Waals surface area contributed by atoms with Gasteiger partial charge in [0.25, 0.3) is 5.91 Å². The van der Waals surface area contributed by atoms with Crippen LogP contribution in [0.5, 0.6) is 0 Å². The third kappa shape index (κ3) is 7.31. The summed E-state index contributed by atoms with van der Waals surface area (Å²) in [5.74, 6) is -1.77. The van der Waals surface area contributed by atoms with Gasteiger partial charge in [0.1, 0.15) is 6.54 Å². The SMILES string of the molecule is CC(C)NC(=O)NC(=O)[C@H](C)OC(=O)CNS(=O)(=O)c1ccccc1. The Morgan fingerprint density at radius 2 is 1.68 bits per heavy atom. The van der Waals surface area contributed by atoms with Gasteiger partial charge in [-0.2, -0.15) is 4.72 Å². The summed E-state index contributed by atoms with van der Waals surface area (Å²) >= 11 is 0. The van der Waals surface area contributed by atoms with Gasteiger partial charge >= 0.3 is 12.0 Å². The van der Waals surface area contributed by atoms with Crippen molar-refractivity contribution in [3.05, 3.63) is 30.3 Å². The zero-order chi connectivity index (χ0) is 19.0. The van der Waals surface area contributed by atoms with Crippen LogP contribution in [0.1, 0.15) is 20.8 Å². The summed E-state index contributed by atoms with van der Waals surface area (Å²) in [7, 11) is -3.86. The molecule has 0 unspecified atom stereocenters. The zero-order valence-electron chi connectivity index (χ0n) is 14.1. The molecule has 1 rings (SSSR count). The van der Waals surface area contributed by atoms with Crippen LogP contribution in [0.3, 0.4) is 0 Å². The molecular formula is C15H21N3O6S. The lowest BCUT2D eigenvalue weighted by atomic mass is 10.3. The van der Waals surface area contributed by atoms with E-state index in [1.807, 2.05) is 5.32 Å². The number of ether oxygens (including phenoxy) is 1. The molecule has 0 fully saturated rings. The van der Waals surface area contributed by atoms with Gasteiger partial charge in [0.05, 0.1) is 4.90 Å². The molecule has 1 aromatic rings. The molecule has 0 radical (unpaired) electrons. The predicted molar refractivity (Wildman–Crippen MR) is 89.0 cm³/mol. The minimum absolute atomic E-state index is 0.000974. The van der Waals surface area contributed by atoms with Crippen molar-refractivity contribution in [3.63, 3.8) is 0 Å². The molecule has 0 spiro atoms. The normalized spacial score (nSPS) is 12.3. The Morgan fingerprint density at radius 1 is 1.08 bits per heavy atom. The topological polar surface area (TPSA) is 131 Å². The molecule has 0 saturated heterocycles. The van der Waals surface area contributed by atoms with Crippen LogP contribution in [0, 0.1) is 0 Å². The molecule has 0 aliphatic carbocycles. The Kier molecular flexibility index (Phi) is 7.52. The highest BCUT2D eigenvalue weighted by Gasteiger charge is 2.21.